The van der Waals surface area contributed by atoms with Crippen LogP contribution >= 0.6 is 0 Å². The van der Waals surface area contributed by atoms with Crippen molar-refractivity contribution in [2.75, 3.05) is 0 Å². The number of hydrogen-bond acceptors (Lipinski definition) is 0. The van der Waals surface area contributed by atoms with Crippen LogP contribution in [-0.2, 0) is 0 Å². The fraction of sp³-hybridized carbons (Fsp3) is 1.00. The third-order valence-corrected chi connectivity index (χ3v) is 7.16. The first-order valence-corrected chi connectivity index (χ1v) is 8.54. The fourth-order valence-corrected chi connectivity index (χ4v) is 6.03. The Balaban J connectivity index is 1.79. The Morgan fingerprint density at radius 2 is 1.72 bits per heavy atom. The molecule has 0 aromatic carbocycles. The van der Waals surface area contributed by atoms with Crippen molar-refractivity contribution in [2.24, 2.45) is 40.9 Å². The Labute approximate surface area is 114 Å². The summed E-state index contributed by atoms with van der Waals surface area (Å²) in [5, 5.41) is 0. The molecule has 0 aromatic rings. The summed E-state index contributed by atoms with van der Waals surface area (Å²) >= 11 is 0. The second-order valence-corrected chi connectivity index (χ2v) is 8.36. The van der Waals surface area contributed by atoms with Gasteiger partial charge in [0, 0.05) is 0 Å². The maximum absolute atomic E-state index is 2.57. The number of fused-ring (bicyclic) bond motifs is 1. The molecule has 3 saturated carbocycles. The lowest BCUT2D eigenvalue weighted by Crippen LogP contribution is -2.50. The molecule has 0 N–H and O–H groups in total. The van der Waals surface area contributed by atoms with Crippen molar-refractivity contribution in [2.45, 2.75) is 72.6 Å². The first-order valence-electron chi connectivity index (χ1n) is 8.54. The topological polar surface area (TPSA) is 0 Å². The lowest BCUT2D eigenvalue weighted by molar-refractivity contribution is -0.0894. The Kier molecular flexibility index (Phi) is 3.27. The molecular formula is C18H32. The Morgan fingerprint density at radius 3 is 2.33 bits per heavy atom. The van der Waals surface area contributed by atoms with Gasteiger partial charge in [0.05, 0.1) is 0 Å². The average Bonchev–Trinajstić information content (AvgIpc) is 2.63. The summed E-state index contributed by atoms with van der Waals surface area (Å²) in [6.07, 6.45) is 10.8. The molecule has 3 aliphatic rings. The van der Waals surface area contributed by atoms with E-state index in [1.165, 1.54) is 12.8 Å². The third-order valence-electron chi connectivity index (χ3n) is 7.16. The van der Waals surface area contributed by atoms with Crippen LogP contribution in [0.4, 0.5) is 0 Å². The van der Waals surface area contributed by atoms with Crippen molar-refractivity contribution in [3.8, 4) is 0 Å². The van der Waals surface area contributed by atoms with E-state index in [0.717, 1.165) is 40.9 Å². The van der Waals surface area contributed by atoms with Crippen LogP contribution in [0.2, 0.25) is 0 Å². The van der Waals surface area contributed by atoms with Crippen molar-refractivity contribution < 1.29 is 0 Å². The van der Waals surface area contributed by atoms with E-state index >= 15 is 0 Å². The second kappa shape index (κ2) is 4.53. The van der Waals surface area contributed by atoms with Crippen LogP contribution in [0, 0.1) is 40.9 Å². The molecule has 0 nitrogen and oxygen atoms in total. The highest BCUT2D eigenvalue weighted by Crippen LogP contribution is 2.69. The molecule has 3 fully saturated rings. The van der Waals surface area contributed by atoms with Crippen LogP contribution in [-0.4, -0.2) is 0 Å². The maximum Gasteiger partial charge on any atom is -0.0212 e. The lowest BCUT2D eigenvalue weighted by Gasteiger charge is -2.58. The summed E-state index contributed by atoms with van der Waals surface area (Å²) in [6.45, 7) is 9.98. The minimum Gasteiger partial charge on any atom is -0.0625 e. The molecule has 0 radical (unpaired) electrons. The Morgan fingerprint density at radius 1 is 0.944 bits per heavy atom. The molecule has 0 amide bonds. The standard InChI is InChI=1S/C18H32/c1-12(2)15-10-17-9-14(4)18(17,11-15)16-7-5-6-13(3)8-16/h12-17H,5-11H2,1-4H3. The summed E-state index contributed by atoms with van der Waals surface area (Å²) < 4.78 is 0. The first-order chi connectivity index (χ1) is 8.54. The van der Waals surface area contributed by atoms with Gasteiger partial charge in [-0.2, -0.15) is 0 Å². The van der Waals surface area contributed by atoms with Gasteiger partial charge in [-0.15, -0.1) is 0 Å². The lowest BCUT2D eigenvalue weighted by atomic mass is 9.47. The van der Waals surface area contributed by atoms with E-state index in [1.807, 2.05) is 0 Å². The van der Waals surface area contributed by atoms with Crippen LogP contribution < -0.4 is 0 Å². The van der Waals surface area contributed by atoms with E-state index in [9.17, 15) is 0 Å². The molecule has 104 valence electrons. The quantitative estimate of drug-likeness (QED) is 0.603. The molecule has 3 rings (SSSR count). The highest BCUT2D eigenvalue weighted by molar-refractivity contribution is 5.10. The van der Waals surface area contributed by atoms with E-state index in [0.29, 0.717) is 0 Å². The van der Waals surface area contributed by atoms with Crippen LogP contribution in [0.1, 0.15) is 72.6 Å². The van der Waals surface area contributed by atoms with Gasteiger partial charge < -0.3 is 0 Å². The monoisotopic (exact) mass is 248 g/mol. The van der Waals surface area contributed by atoms with E-state index < -0.39 is 0 Å². The van der Waals surface area contributed by atoms with Crippen molar-refractivity contribution in [1.29, 1.82) is 0 Å². The van der Waals surface area contributed by atoms with E-state index in [-0.39, 0.29) is 0 Å². The zero-order chi connectivity index (χ0) is 12.9. The molecule has 18 heavy (non-hydrogen) atoms. The smallest absolute Gasteiger partial charge is 0.0212 e. The fourth-order valence-electron chi connectivity index (χ4n) is 6.03. The van der Waals surface area contributed by atoms with Crippen molar-refractivity contribution in [1.82, 2.24) is 0 Å². The molecule has 0 bridgehead atoms. The predicted octanol–water partition coefficient (Wildman–Crippen LogP) is 5.52. The summed E-state index contributed by atoms with van der Waals surface area (Å²) in [5.74, 6) is 6.18. The first kappa shape index (κ1) is 13.0. The number of hydrogen-bond donors (Lipinski definition) is 0. The molecule has 0 heteroatoms. The Hall–Kier alpha value is 0. The summed E-state index contributed by atoms with van der Waals surface area (Å²) in [7, 11) is 0. The zero-order valence-corrected chi connectivity index (χ0v) is 12.9. The van der Waals surface area contributed by atoms with Gasteiger partial charge in [0.25, 0.3) is 0 Å². The second-order valence-electron chi connectivity index (χ2n) is 8.36. The van der Waals surface area contributed by atoms with Crippen LogP contribution in [0.3, 0.4) is 0 Å². The van der Waals surface area contributed by atoms with Gasteiger partial charge in [-0.05, 0) is 73.0 Å². The van der Waals surface area contributed by atoms with Gasteiger partial charge in [0.1, 0.15) is 0 Å². The summed E-state index contributed by atoms with van der Waals surface area (Å²) in [4.78, 5) is 0. The molecule has 0 heterocycles. The van der Waals surface area contributed by atoms with Crippen molar-refractivity contribution in [3.05, 3.63) is 0 Å². The van der Waals surface area contributed by atoms with E-state index in [1.54, 1.807) is 32.1 Å². The predicted molar refractivity (Wildman–Crippen MR) is 78.4 cm³/mol. The molecule has 0 spiro atoms. The van der Waals surface area contributed by atoms with E-state index in [2.05, 4.69) is 27.7 Å². The molecule has 0 aliphatic heterocycles. The van der Waals surface area contributed by atoms with Crippen molar-refractivity contribution in [3.63, 3.8) is 0 Å². The average molecular weight is 248 g/mol. The highest BCUT2D eigenvalue weighted by atomic mass is 14.7. The van der Waals surface area contributed by atoms with E-state index in [4.69, 9.17) is 0 Å². The summed E-state index contributed by atoms with van der Waals surface area (Å²) in [5.41, 5.74) is 0.795. The maximum atomic E-state index is 2.57. The summed E-state index contributed by atoms with van der Waals surface area (Å²) in [6, 6.07) is 0. The van der Waals surface area contributed by atoms with Gasteiger partial charge in [0.15, 0.2) is 0 Å². The minimum absolute atomic E-state index is 0.795. The van der Waals surface area contributed by atoms with Crippen LogP contribution in [0.5, 0.6) is 0 Å². The molecule has 6 unspecified atom stereocenters. The normalized spacial score (nSPS) is 52.2. The molecular weight excluding hydrogens is 216 g/mol. The van der Waals surface area contributed by atoms with Crippen molar-refractivity contribution >= 4 is 0 Å². The van der Waals surface area contributed by atoms with Gasteiger partial charge in [-0.25, -0.2) is 0 Å². The molecule has 3 aliphatic carbocycles. The van der Waals surface area contributed by atoms with Gasteiger partial charge >= 0.3 is 0 Å². The highest BCUT2D eigenvalue weighted by Gasteiger charge is 2.61. The van der Waals surface area contributed by atoms with Crippen LogP contribution in [0.15, 0.2) is 0 Å². The minimum atomic E-state index is 0.795. The third kappa shape index (κ3) is 1.78. The Bertz CT molecular complexity index is 305. The van der Waals surface area contributed by atoms with Gasteiger partial charge in [-0.1, -0.05) is 40.5 Å². The SMILES string of the molecule is CC1CCCC(C23CC(C(C)C)CC2CC3C)C1. The molecule has 0 saturated heterocycles. The number of rotatable bonds is 2. The molecule has 0 aromatic heterocycles. The van der Waals surface area contributed by atoms with Crippen LogP contribution in [0.25, 0.3) is 0 Å². The van der Waals surface area contributed by atoms with Gasteiger partial charge in [-0.3, -0.25) is 0 Å². The van der Waals surface area contributed by atoms with Gasteiger partial charge in [0.2, 0.25) is 0 Å². The largest absolute Gasteiger partial charge is 0.0625 e. The zero-order valence-electron chi connectivity index (χ0n) is 12.9. The molecule has 6 atom stereocenters.